The number of benzene rings is 2. The van der Waals surface area contributed by atoms with Gasteiger partial charge >= 0.3 is 0 Å². The Bertz CT molecular complexity index is 909. The highest BCUT2D eigenvalue weighted by molar-refractivity contribution is 6.32. The van der Waals surface area contributed by atoms with E-state index in [2.05, 4.69) is 10.2 Å². The molecule has 0 bridgehead atoms. The first-order chi connectivity index (χ1) is 11.5. The van der Waals surface area contributed by atoms with Crippen LogP contribution in [0.2, 0.25) is 10.0 Å². The first kappa shape index (κ1) is 16.6. The zero-order valence-electron chi connectivity index (χ0n) is 12.1. The van der Waals surface area contributed by atoms with Crippen molar-refractivity contribution in [2.75, 3.05) is 0 Å². The number of nitrogens with zero attached hydrogens (tertiary/aromatic N) is 2. The van der Waals surface area contributed by atoms with Gasteiger partial charge in [0.05, 0.1) is 16.5 Å². The fraction of sp³-hybridized carbons (Fsp3) is 0.0588. The monoisotopic (exact) mass is 366 g/mol. The lowest BCUT2D eigenvalue weighted by atomic mass is 10.1. The Morgan fingerprint density at radius 2 is 1.83 bits per heavy atom. The second-order valence-electron chi connectivity index (χ2n) is 4.92. The second kappa shape index (κ2) is 7.11. The number of halogens is 4. The molecule has 0 saturated heterocycles. The molecule has 0 unspecified atom stereocenters. The molecule has 3 rings (SSSR count). The van der Waals surface area contributed by atoms with Gasteiger partial charge in [-0.2, -0.15) is 0 Å². The number of aromatic nitrogens is 2. The van der Waals surface area contributed by atoms with Crippen molar-refractivity contribution in [2.45, 2.75) is 6.42 Å². The Morgan fingerprint density at radius 1 is 1.00 bits per heavy atom. The lowest BCUT2D eigenvalue weighted by Crippen LogP contribution is -1.93. The molecule has 0 N–H and O–H groups in total. The molecule has 0 amide bonds. The van der Waals surface area contributed by atoms with E-state index in [1.54, 1.807) is 24.3 Å². The first-order valence-electron chi connectivity index (χ1n) is 6.91. The summed E-state index contributed by atoms with van der Waals surface area (Å²) in [5.74, 6) is -0.442. The molecule has 0 radical (unpaired) electrons. The molecule has 0 fully saturated rings. The third-order valence-electron chi connectivity index (χ3n) is 3.22. The molecule has 0 aliphatic rings. The maximum atomic E-state index is 13.9. The third kappa shape index (κ3) is 3.80. The van der Waals surface area contributed by atoms with Crippen molar-refractivity contribution >= 4 is 35.4 Å². The Hall–Kier alpha value is -2.24. The second-order valence-corrected chi connectivity index (χ2v) is 5.74. The van der Waals surface area contributed by atoms with Gasteiger partial charge in [-0.3, -0.25) is 0 Å². The van der Waals surface area contributed by atoms with Crippen molar-refractivity contribution in [2.24, 2.45) is 0 Å². The fourth-order valence-electron chi connectivity index (χ4n) is 2.05. The van der Waals surface area contributed by atoms with Gasteiger partial charge < -0.3 is 4.42 Å². The normalized spacial score (nSPS) is 11.3. The number of rotatable bonds is 4. The number of hydrogen-bond acceptors (Lipinski definition) is 3. The molecule has 1 heterocycles. The maximum absolute atomic E-state index is 13.9. The van der Waals surface area contributed by atoms with Crippen LogP contribution in [0, 0.1) is 11.6 Å². The van der Waals surface area contributed by atoms with Crippen LogP contribution < -0.4 is 0 Å². The van der Waals surface area contributed by atoms with Crippen molar-refractivity contribution in [3.8, 4) is 0 Å². The lowest BCUT2D eigenvalue weighted by molar-refractivity contribution is 0.491. The summed E-state index contributed by atoms with van der Waals surface area (Å²) in [5, 5.41) is 8.02. The van der Waals surface area contributed by atoms with Gasteiger partial charge in [0.1, 0.15) is 11.6 Å². The van der Waals surface area contributed by atoms with Crippen molar-refractivity contribution in [1.29, 1.82) is 0 Å². The molecular formula is C17H10Cl2F2N2O. The average Bonchev–Trinajstić information content (AvgIpc) is 2.99. The summed E-state index contributed by atoms with van der Waals surface area (Å²) in [4.78, 5) is 0. The van der Waals surface area contributed by atoms with Crippen LogP contribution >= 0.6 is 23.2 Å². The van der Waals surface area contributed by atoms with Crippen LogP contribution in [0.15, 0.2) is 40.8 Å². The summed E-state index contributed by atoms with van der Waals surface area (Å²) >= 11 is 11.7. The molecule has 0 saturated carbocycles. The van der Waals surface area contributed by atoms with Crippen LogP contribution in [0.4, 0.5) is 8.78 Å². The fourth-order valence-corrected chi connectivity index (χ4v) is 2.48. The molecule has 0 atom stereocenters. The lowest BCUT2D eigenvalue weighted by Gasteiger charge is -2.00. The van der Waals surface area contributed by atoms with Crippen LogP contribution in [0.25, 0.3) is 12.2 Å². The summed E-state index contributed by atoms with van der Waals surface area (Å²) in [6.07, 6.45) is 3.30. The smallest absolute Gasteiger partial charge is 0.240 e. The summed E-state index contributed by atoms with van der Waals surface area (Å²) in [7, 11) is 0. The molecule has 7 heteroatoms. The zero-order valence-corrected chi connectivity index (χ0v) is 13.7. The van der Waals surface area contributed by atoms with E-state index in [0.717, 1.165) is 0 Å². The molecule has 0 spiro atoms. The van der Waals surface area contributed by atoms with Gasteiger partial charge in [0.2, 0.25) is 11.8 Å². The minimum absolute atomic E-state index is 0.0399. The van der Waals surface area contributed by atoms with Crippen molar-refractivity contribution in [3.63, 3.8) is 0 Å². The predicted octanol–water partition coefficient (Wildman–Crippen LogP) is 5.42. The predicted molar refractivity (Wildman–Crippen MR) is 88.9 cm³/mol. The Morgan fingerprint density at radius 3 is 2.62 bits per heavy atom. The minimum Gasteiger partial charge on any atom is -0.421 e. The molecule has 2 aromatic carbocycles. The van der Waals surface area contributed by atoms with E-state index in [4.69, 9.17) is 27.6 Å². The molecule has 0 aliphatic heterocycles. The van der Waals surface area contributed by atoms with Crippen molar-refractivity contribution < 1.29 is 13.2 Å². The van der Waals surface area contributed by atoms with Crippen LogP contribution in [0.1, 0.15) is 22.9 Å². The molecular weight excluding hydrogens is 357 g/mol. The van der Waals surface area contributed by atoms with E-state index in [9.17, 15) is 8.78 Å². The Balaban J connectivity index is 1.76. The van der Waals surface area contributed by atoms with E-state index < -0.39 is 11.6 Å². The summed E-state index contributed by atoms with van der Waals surface area (Å²) < 4.78 is 32.3. The van der Waals surface area contributed by atoms with Gasteiger partial charge in [-0.05, 0) is 35.4 Å². The van der Waals surface area contributed by atoms with Crippen LogP contribution in [-0.4, -0.2) is 10.2 Å². The standard InChI is InChI=1S/C17H10Cl2F2N2O/c18-13-3-1-2-11(17(13)21)8-16-23-22-15(24-16)7-5-10-4-6-12(20)9-14(10)19/h1-7,9H,8H2. The van der Waals surface area contributed by atoms with Crippen LogP contribution in [0.5, 0.6) is 0 Å². The van der Waals surface area contributed by atoms with E-state index >= 15 is 0 Å². The Labute approximate surface area is 146 Å². The van der Waals surface area contributed by atoms with E-state index in [1.807, 2.05) is 0 Å². The van der Waals surface area contributed by atoms with E-state index in [-0.39, 0.29) is 28.2 Å². The highest BCUT2D eigenvalue weighted by Crippen LogP contribution is 2.21. The summed E-state index contributed by atoms with van der Waals surface area (Å²) in [6, 6.07) is 8.75. The molecule has 1 aromatic heterocycles. The third-order valence-corrected chi connectivity index (χ3v) is 3.84. The SMILES string of the molecule is Fc1ccc(C=Cc2nnc(Cc3cccc(Cl)c3F)o2)c(Cl)c1. The summed E-state index contributed by atoms with van der Waals surface area (Å²) in [6.45, 7) is 0. The molecule has 0 aliphatic carbocycles. The van der Waals surface area contributed by atoms with Crippen LogP contribution in [0.3, 0.4) is 0 Å². The molecule has 3 aromatic rings. The maximum Gasteiger partial charge on any atom is 0.240 e. The van der Waals surface area contributed by atoms with E-state index in [0.29, 0.717) is 11.1 Å². The molecule has 122 valence electrons. The zero-order chi connectivity index (χ0) is 17.1. The first-order valence-corrected chi connectivity index (χ1v) is 7.67. The van der Waals surface area contributed by atoms with Gasteiger partial charge in [0.15, 0.2) is 0 Å². The van der Waals surface area contributed by atoms with Crippen LogP contribution in [-0.2, 0) is 6.42 Å². The quantitative estimate of drug-likeness (QED) is 0.619. The van der Waals surface area contributed by atoms with Gasteiger partial charge in [0.25, 0.3) is 0 Å². The van der Waals surface area contributed by atoms with Gasteiger partial charge in [-0.15, -0.1) is 10.2 Å². The molecule has 24 heavy (non-hydrogen) atoms. The topological polar surface area (TPSA) is 38.9 Å². The van der Waals surface area contributed by atoms with Gasteiger partial charge in [-0.25, -0.2) is 8.78 Å². The van der Waals surface area contributed by atoms with Gasteiger partial charge in [0, 0.05) is 6.08 Å². The largest absolute Gasteiger partial charge is 0.421 e. The van der Waals surface area contributed by atoms with Gasteiger partial charge in [-0.1, -0.05) is 41.4 Å². The van der Waals surface area contributed by atoms with Crippen molar-refractivity contribution in [1.82, 2.24) is 10.2 Å². The van der Waals surface area contributed by atoms with E-state index in [1.165, 1.54) is 24.3 Å². The number of hydrogen-bond donors (Lipinski definition) is 0. The summed E-state index contributed by atoms with van der Waals surface area (Å²) in [5.41, 5.74) is 0.974. The highest BCUT2D eigenvalue weighted by Gasteiger charge is 2.11. The Kier molecular flexibility index (Phi) is 4.92. The van der Waals surface area contributed by atoms with Crippen molar-refractivity contribution in [3.05, 3.63) is 81.0 Å². The highest BCUT2D eigenvalue weighted by atomic mass is 35.5. The molecule has 3 nitrogen and oxygen atoms in total. The average molecular weight is 367 g/mol. The minimum atomic E-state index is -0.507.